The van der Waals surface area contributed by atoms with Gasteiger partial charge in [-0.3, -0.25) is 4.68 Å². The zero-order chi connectivity index (χ0) is 39.0. The second kappa shape index (κ2) is 17.9. The van der Waals surface area contributed by atoms with E-state index in [0.29, 0.717) is 54.2 Å². The van der Waals surface area contributed by atoms with Gasteiger partial charge in [0.2, 0.25) is 5.95 Å². The van der Waals surface area contributed by atoms with Crippen molar-refractivity contribution in [2.45, 2.75) is 83.7 Å². The maximum absolute atomic E-state index is 15.2. The number of nitrogens with one attached hydrogen (secondary N) is 3. The van der Waals surface area contributed by atoms with Crippen LogP contribution in [-0.2, 0) is 23.1 Å². The van der Waals surface area contributed by atoms with Gasteiger partial charge in [0.05, 0.1) is 38.8 Å². The molecule has 2 saturated heterocycles. The third-order valence-corrected chi connectivity index (χ3v) is 11.0. The van der Waals surface area contributed by atoms with Crippen LogP contribution in [0.5, 0.6) is 5.88 Å². The van der Waals surface area contributed by atoms with Crippen LogP contribution in [-0.4, -0.2) is 150 Å². The smallest absolute Gasteiger partial charge is 0.407 e. The minimum atomic E-state index is -1.37. The third-order valence-electron chi connectivity index (χ3n) is 9.29. The number of carbonyl (C=O) groups is 2. The SMILES string of the molecule is COc1nn(CCCN2CCN(CCCNC(=O)OC(C)(C)C)CC2)cc1Nc1nc(N2C[C@@H](F)[C@H](NC(=O)OCC[Si](C)(C)C)C2)nc2c1ncn2C. The number of alkyl halides is 1. The summed E-state index contributed by atoms with van der Waals surface area (Å²) < 4.78 is 35.1. The molecule has 2 atom stereocenters. The van der Waals surface area contributed by atoms with Crippen LogP contribution in [0.3, 0.4) is 0 Å². The highest BCUT2D eigenvalue weighted by Crippen LogP contribution is 2.31. The average molecular weight is 775 g/mol. The second-order valence-corrected chi connectivity index (χ2v) is 21.9. The molecule has 3 aromatic heterocycles. The molecule has 300 valence electrons. The summed E-state index contributed by atoms with van der Waals surface area (Å²) in [5.74, 6) is 1.16. The number of aromatic nitrogens is 6. The highest BCUT2D eigenvalue weighted by atomic mass is 28.3. The van der Waals surface area contributed by atoms with Crippen LogP contribution in [0.2, 0.25) is 25.7 Å². The molecule has 19 heteroatoms. The highest BCUT2D eigenvalue weighted by molar-refractivity contribution is 6.76. The molecule has 0 aliphatic carbocycles. The van der Waals surface area contributed by atoms with Gasteiger partial charge < -0.3 is 49.4 Å². The summed E-state index contributed by atoms with van der Waals surface area (Å²) in [6, 6.07) is 0.0845. The fourth-order valence-corrected chi connectivity index (χ4v) is 7.03. The minimum Gasteiger partial charge on any atom is -0.478 e. The predicted molar refractivity (Wildman–Crippen MR) is 208 cm³/mol. The van der Waals surface area contributed by atoms with Gasteiger partial charge >= 0.3 is 12.2 Å². The van der Waals surface area contributed by atoms with Crippen LogP contribution in [0.15, 0.2) is 12.5 Å². The number of fused-ring (bicyclic) bond motifs is 1. The summed E-state index contributed by atoms with van der Waals surface area (Å²) in [7, 11) is 2.04. The van der Waals surface area contributed by atoms with E-state index in [1.165, 1.54) is 0 Å². The lowest BCUT2D eigenvalue weighted by Gasteiger charge is -2.34. The summed E-state index contributed by atoms with van der Waals surface area (Å²) in [6.45, 7) is 19.9. The number of amides is 2. The van der Waals surface area contributed by atoms with Gasteiger partial charge in [-0.25, -0.2) is 19.0 Å². The van der Waals surface area contributed by atoms with Crippen LogP contribution >= 0.6 is 0 Å². The van der Waals surface area contributed by atoms with E-state index in [2.05, 4.69) is 55.5 Å². The van der Waals surface area contributed by atoms with E-state index in [1.54, 1.807) is 22.9 Å². The van der Waals surface area contributed by atoms with Crippen LogP contribution in [0.25, 0.3) is 11.2 Å². The van der Waals surface area contributed by atoms with E-state index >= 15 is 4.39 Å². The molecule has 2 aliphatic rings. The number of piperazine rings is 1. The lowest BCUT2D eigenvalue weighted by atomic mass is 10.2. The number of hydrogen-bond donors (Lipinski definition) is 3. The number of aryl methyl sites for hydroxylation is 2. The molecule has 5 rings (SSSR count). The summed E-state index contributed by atoms with van der Waals surface area (Å²) in [5.41, 5.74) is 1.25. The Hall–Kier alpha value is -4.23. The van der Waals surface area contributed by atoms with E-state index in [-0.39, 0.29) is 19.2 Å². The molecule has 0 saturated carbocycles. The van der Waals surface area contributed by atoms with Crippen LogP contribution in [0, 0.1) is 0 Å². The van der Waals surface area contributed by atoms with Crippen molar-refractivity contribution in [2.24, 2.45) is 7.05 Å². The largest absolute Gasteiger partial charge is 0.478 e. The predicted octanol–water partition coefficient (Wildman–Crippen LogP) is 3.83. The quantitative estimate of drug-likeness (QED) is 0.142. The van der Waals surface area contributed by atoms with Crippen LogP contribution in [0.4, 0.5) is 31.4 Å². The van der Waals surface area contributed by atoms with Gasteiger partial charge in [-0.05, 0) is 52.7 Å². The molecule has 2 aliphatic heterocycles. The molecule has 3 N–H and O–H groups in total. The van der Waals surface area contributed by atoms with E-state index in [1.807, 2.05) is 38.7 Å². The van der Waals surface area contributed by atoms with Crippen molar-refractivity contribution in [3.63, 3.8) is 0 Å². The Bertz CT molecular complexity index is 1700. The number of rotatable bonds is 16. The molecule has 0 unspecified atom stereocenters. The van der Waals surface area contributed by atoms with Crippen molar-refractivity contribution < 1.29 is 28.2 Å². The molecule has 5 heterocycles. The van der Waals surface area contributed by atoms with Gasteiger partial charge in [0.15, 0.2) is 17.0 Å². The van der Waals surface area contributed by atoms with Crippen molar-refractivity contribution >= 4 is 48.9 Å². The normalized spacial score (nSPS) is 18.6. The van der Waals surface area contributed by atoms with Gasteiger partial charge in [-0.2, -0.15) is 9.97 Å². The third kappa shape index (κ3) is 11.9. The maximum Gasteiger partial charge on any atom is 0.407 e. The van der Waals surface area contributed by atoms with E-state index in [4.69, 9.17) is 24.2 Å². The first kappa shape index (κ1) is 40.9. The second-order valence-electron chi connectivity index (χ2n) is 16.3. The maximum atomic E-state index is 15.2. The number of nitrogens with zero attached hydrogens (tertiary/aromatic N) is 9. The first-order chi connectivity index (χ1) is 25.6. The molecule has 2 amide bonds. The zero-order valence-corrected chi connectivity index (χ0v) is 34.2. The first-order valence-electron chi connectivity index (χ1n) is 18.9. The number of ether oxygens (including phenoxy) is 3. The lowest BCUT2D eigenvalue weighted by Crippen LogP contribution is -2.47. The Labute approximate surface area is 318 Å². The molecule has 0 spiro atoms. The van der Waals surface area contributed by atoms with Gasteiger partial charge in [-0.1, -0.05) is 19.6 Å². The van der Waals surface area contributed by atoms with Gasteiger partial charge in [0.1, 0.15) is 17.5 Å². The number of alkyl carbamates (subject to hydrolysis) is 2. The molecular formula is C35H59FN12O5Si. The molecule has 54 heavy (non-hydrogen) atoms. The van der Waals surface area contributed by atoms with Crippen LogP contribution < -0.4 is 25.6 Å². The number of hydrogen-bond acceptors (Lipinski definition) is 13. The molecule has 0 bridgehead atoms. The highest BCUT2D eigenvalue weighted by Gasteiger charge is 2.36. The van der Waals surface area contributed by atoms with Crippen molar-refractivity contribution in [2.75, 3.05) is 82.8 Å². The molecule has 17 nitrogen and oxygen atoms in total. The molecule has 2 fully saturated rings. The summed E-state index contributed by atoms with van der Waals surface area (Å²) >= 11 is 0. The molecule has 0 aromatic carbocycles. The first-order valence-corrected chi connectivity index (χ1v) is 22.6. The topological polar surface area (TPSA) is 169 Å². The van der Waals surface area contributed by atoms with E-state index in [9.17, 15) is 9.59 Å². The number of methoxy groups -OCH3 is 1. The monoisotopic (exact) mass is 774 g/mol. The van der Waals surface area contributed by atoms with Gasteiger partial charge in [0, 0.05) is 60.9 Å². The Balaban J connectivity index is 1.12. The zero-order valence-electron chi connectivity index (χ0n) is 33.2. The van der Waals surface area contributed by atoms with Crippen molar-refractivity contribution in [3.05, 3.63) is 12.5 Å². The fourth-order valence-electron chi connectivity index (χ4n) is 6.31. The Kier molecular flexibility index (Phi) is 13.6. The average Bonchev–Trinajstić information content (AvgIpc) is 3.78. The fraction of sp³-hybridized carbons (Fsp3) is 0.714. The molecular weight excluding hydrogens is 716 g/mol. The summed E-state index contributed by atoms with van der Waals surface area (Å²) in [6.07, 6.45) is 3.03. The number of imidazole rings is 1. The van der Waals surface area contributed by atoms with E-state index in [0.717, 1.165) is 58.2 Å². The van der Waals surface area contributed by atoms with Crippen molar-refractivity contribution in [3.8, 4) is 5.88 Å². The summed E-state index contributed by atoms with van der Waals surface area (Å²) in [4.78, 5) is 44.9. The Morgan fingerprint density at radius 3 is 2.37 bits per heavy atom. The van der Waals surface area contributed by atoms with Crippen LogP contribution in [0.1, 0.15) is 33.6 Å². The Morgan fingerprint density at radius 2 is 1.70 bits per heavy atom. The van der Waals surface area contributed by atoms with E-state index < -0.39 is 32.0 Å². The number of halogens is 1. The van der Waals surface area contributed by atoms with Crippen molar-refractivity contribution in [1.29, 1.82) is 0 Å². The lowest BCUT2D eigenvalue weighted by molar-refractivity contribution is 0.0523. The molecule has 0 radical (unpaired) electrons. The van der Waals surface area contributed by atoms with Gasteiger partial charge in [0.25, 0.3) is 5.88 Å². The summed E-state index contributed by atoms with van der Waals surface area (Å²) in [5, 5.41) is 13.5. The standard InChI is InChI=1S/C35H59FN12O5Si/c1-35(2,3)53-33(49)37-11-9-12-45-15-17-46(18-16-45)13-10-14-48-23-27(31(43-48)51-5)39-29-28-30(44(4)24-38-28)42-32(41-29)47-21-25(36)26(22-47)40-34(50)52-19-20-54(6,7)8/h23-26H,9-22H2,1-8H3,(H,37,49)(H,40,50)(H,39,41,42)/t25-,26-/m1/s1. The Morgan fingerprint density at radius 1 is 1.00 bits per heavy atom. The van der Waals surface area contributed by atoms with Gasteiger partial charge in [-0.15, -0.1) is 5.10 Å². The minimum absolute atomic E-state index is 0.0201. The molecule has 3 aromatic rings. The van der Waals surface area contributed by atoms with Crippen molar-refractivity contribution in [1.82, 2.24) is 49.7 Å². The number of carbonyl (C=O) groups excluding carboxylic acids is 2. The number of anilines is 3.